The zero-order valence-electron chi connectivity index (χ0n) is 14.7. The van der Waals surface area contributed by atoms with E-state index < -0.39 is 29.5 Å². The maximum Gasteiger partial charge on any atom is 0.314 e. The molecule has 0 spiro atoms. The van der Waals surface area contributed by atoms with Crippen LogP contribution in [0.15, 0.2) is 38.8 Å². The van der Waals surface area contributed by atoms with Crippen LogP contribution in [0.25, 0.3) is 5.57 Å². The quantitative estimate of drug-likeness (QED) is 0.541. The lowest BCUT2D eigenvalue weighted by Gasteiger charge is -2.43. The Morgan fingerprint density at radius 1 is 1.29 bits per heavy atom. The molecule has 1 aromatic carbocycles. The van der Waals surface area contributed by atoms with Crippen molar-refractivity contribution in [3.05, 3.63) is 53.4 Å². The molecule has 1 saturated carbocycles. The molecule has 1 aromatic heterocycles. The summed E-state index contributed by atoms with van der Waals surface area (Å²) in [5.74, 6) is -2.24. The van der Waals surface area contributed by atoms with Crippen LogP contribution in [0.4, 0.5) is 17.6 Å². The number of hydrogen-bond acceptors (Lipinski definition) is 6. The number of aromatic nitrogens is 2. The van der Waals surface area contributed by atoms with Gasteiger partial charge in [0.05, 0.1) is 17.8 Å². The summed E-state index contributed by atoms with van der Waals surface area (Å²) in [5, 5.41) is 9.82. The number of nitrogens with zero attached hydrogens (tertiary/aromatic N) is 4. The van der Waals surface area contributed by atoms with Gasteiger partial charge in [0.1, 0.15) is 11.6 Å². The first-order valence-electron chi connectivity index (χ1n) is 8.44. The fourth-order valence-electron chi connectivity index (χ4n) is 3.02. The molecule has 3 rings (SSSR count). The second-order valence-corrected chi connectivity index (χ2v) is 6.19. The van der Waals surface area contributed by atoms with E-state index >= 15 is 0 Å². The van der Waals surface area contributed by atoms with Crippen molar-refractivity contribution in [3.8, 4) is 0 Å². The molecule has 148 valence electrons. The molecule has 2 aromatic rings. The average molecular weight is 395 g/mol. The highest BCUT2D eigenvalue weighted by Crippen LogP contribution is 2.43. The van der Waals surface area contributed by atoms with Gasteiger partial charge in [0.15, 0.2) is 0 Å². The van der Waals surface area contributed by atoms with Crippen LogP contribution >= 0.6 is 0 Å². The van der Waals surface area contributed by atoms with E-state index in [9.17, 15) is 17.6 Å². The average Bonchev–Trinajstić information content (AvgIpc) is 3.11. The SMILES string of the molecule is C=N/C=C(\C=N/CNC1(c2c(F)cccc2F)CCC1)c1nnc(C(F)F)o1. The molecule has 0 aliphatic heterocycles. The van der Waals surface area contributed by atoms with Crippen LogP contribution in [0.5, 0.6) is 0 Å². The molecular weight excluding hydrogens is 378 g/mol. The number of rotatable bonds is 8. The molecule has 1 fully saturated rings. The molecule has 28 heavy (non-hydrogen) atoms. The highest BCUT2D eigenvalue weighted by atomic mass is 19.3. The van der Waals surface area contributed by atoms with Gasteiger partial charge in [-0.1, -0.05) is 6.07 Å². The van der Waals surface area contributed by atoms with Crippen LogP contribution in [-0.4, -0.2) is 29.8 Å². The molecule has 0 radical (unpaired) electrons. The van der Waals surface area contributed by atoms with Crippen LogP contribution < -0.4 is 5.32 Å². The Balaban J connectivity index is 1.72. The van der Waals surface area contributed by atoms with Gasteiger partial charge in [-0.2, -0.15) is 8.78 Å². The molecule has 0 amide bonds. The zero-order chi connectivity index (χ0) is 20.1. The third-order valence-corrected chi connectivity index (χ3v) is 4.49. The first-order chi connectivity index (χ1) is 13.5. The number of nitrogens with one attached hydrogen (secondary N) is 1. The smallest absolute Gasteiger partial charge is 0.314 e. The van der Waals surface area contributed by atoms with Crippen molar-refractivity contribution in [1.29, 1.82) is 0 Å². The molecule has 1 aliphatic carbocycles. The second kappa shape index (κ2) is 8.42. The van der Waals surface area contributed by atoms with Crippen molar-refractivity contribution in [3.63, 3.8) is 0 Å². The van der Waals surface area contributed by atoms with Crippen LogP contribution in [0, 0.1) is 11.6 Å². The molecule has 1 aliphatic rings. The van der Waals surface area contributed by atoms with E-state index in [1.807, 2.05) is 0 Å². The van der Waals surface area contributed by atoms with Crippen LogP contribution in [-0.2, 0) is 5.54 Å². The Morgan fingerprint density at radius 2 is 2.00 bits per heavy atom. The molecule has 0 bridgehead atoms. The monoisotopic (exact) mass is 395 g/mol. The Hall–Kier alpha value is -2.88. The first kappa shape index (κ1) is 19.9. The summed E-state index contributed by atoms with van der Waals surface area (Å²) >= 11 is 0. The van der Waals surface area contributed by atoms with Crippen LogP contribution in [0.3, 0.4) is 0 Å². The minimum Gasteiger partial charge on any atom is -0.415 e. The summed E-state index contributed by atoms with van der Waals surface area (Å²) in [4.78, 5) is 7.67. The lowest BCUT2D eigenvalue weighted by atomic mass is 9.71. The molecule has 0 saturated heterocycles. The third-order valence-electron chi connectivity index (χ3n) is 4.49. The summed E-state index contributed by atoms with van der Waals surface area (Å²) in [5.41, 5.74) is -0.657. The maximum absolute atomic E-state index is 14.2. The van der Waals surface area contributed by atoms with E-state index in [1.165, 1.54) is 30.6 Å². The van der Waals surface area contributed by atoms with Crippen LogP contribution in [0.1, 0.15) is 43.0 Å². The molecule has 10 heteroatoms. The van der Waals surface area contributed by atoms with Gasteiger partial charge in [0.2, 0.25) is 0 Å². The lowest BCUT2D eigenvalue weighted by molar-refractivity contribution is 0.114. The van der Waals surface area contributed by atoms with E-state index in [-0.39, 0.29) is 23.7 Å². The van der Waals surface area contributed by atoms with Gasteiger partial charge in [0.25, 0.3) is 11.8 Å². The Kier molecular flexibility index (Phi) is 5.98. The normalized spacial score (nSPS) is 16.5. The van der Waals surface area contributed by atoms with Crippen molar-refractivity contribution in [2.45, 2.75) is 31.2 Å². The van der Waals surface area contributed by atoms with Crippen molar-refractivity contribution in [2.75, 3.05) is 6.67 Å². The zero-order valence-corrected chi connectivity index (χ0v) is 14.7. The highest BCUT2D eigenvalue weighted by molar-refractivity contribution is 6.07. The molecule has 0 unspecified atom stereocenters. The van der Waals surface area contributed by atoms with E-state index in [2.05, 4.69) is 32.2 Å². The molecule has 6 nitrogen and oxygen atoms in total. The van der Waals surface area contributed by atoms with E-state index in [1.54, 1.807) is 0 Å². The van der Waals surface area contributed by atoms with Crippen molar-refractivity contribution >= 4 is 18.5 Å². The topological polar surface area (TPSA) is 75.7 Å². The van der Waals surface area contributed by atoms with Gasteiger partial charge >= 0.3 is 6.43 Å². The highest BCUT2D eigenvalue weighted by Gasteiger charge is 2.42. The Labute approximate surface area is 158 Å². The number of benzene rings is 1. The molecule has 1 N–H and O–H groups in total. The fraction of sp³-hybridized carbons (Fsp3) is 0.333. The predicted octanol–water partition coefficient (Wildman–Crippen LogP) is 4.02. The fourth-order valence-corrected chi connectivity index (χ4v) is 3.02. The van der Waals surface area contributed by atoms with Gasteiger partial charge in [-0.15, -0.1) is 10.2 Å². The van der Waals surface area contributed by atoms with Crippen LogP contribution in [0.2, 0.25) is 0 Å². The standard InChI is InChI=1S/C18H17F4N5O/c1-23-8-11(16-26-27-17(28-16)15(21)22)9-24-10-25-18(6-3-7-18)14-12(19)4-2-5-13(14)20/h2,4-5,8-9,15,25H,1,3,6-7,10H2/b11-8+,24-9-. The van der Waals surface area contributed by atoms with Gasteiger partial charge in [-0.05, 0) is 38.1 Å². The predicted molar refractivity (Wildman–Crippen MR) is 95.2 cm³/mol. The third kappa shape index (κ3) is 4.01. The van der Waals surface area contributed by atoms with E-state index in [4.69, 9.17) is 4.42 Å². The molecule has 1 heterocycles. The minimum absolute atomic E-state index is 0.00143. The van der Waals surface area contributed by atoms with Gasteiger partial charge in [-0.25, -0.2) is 8.78 Å². The maximum atomic E-state index is 14.2. The summed E-state index contributed by atoms with van der Waals surface area (Å²) < 4.78 is 58.3. The second-order valence-electron chi connectivity index (χ2n) is 6.19. The first-order valence-corrected chi connectivity index (χ1v) is 8.44. The van der Waals surface area contributed by atoms with Crippen molar-refractivity contribution < 1.29 is 22.0 Å². The largest absolute Gasteiger partial charge is 0.415 e. The lowest BCUT2D eigenvalue weighted by Crippen LogP contribution is -2.49. The molecular formula is C18H17F4N5O. The summed E-state index contributed by atoms with van der Waals surface area (Å²) in [7, 11) is 0. The number of hydrogen-bond donors (Lipinski definition) is 1. The summed E-state index contributed by atoms with van der Waals surface area (Å²) in [6.07, 6.45) is 1.58. The van der Waals surface area contributed by atoms with Crippen molar-refractivity contribution in [2.24, 2.45) is 9.98 Å². The van der Waals surface area contributed by atoms with E-state index in [0.29, 0.717) is 12.8 Å². The van der Waals surface area contributed by atoms with Gasteiger partial charge in [-0.3, -0.25) is 15.3 Å². The van der Waals surface area contributed by atoms with E-state index in [0.717, 1.165) is 6.42 Å². The number of alkyl halides is 2. The Morgan fingerprint density at radius 3 is 2.54 bits per heavy atom. The summed E-state index contributed by atoms with van der Waals surface area (Å²) in [6, 6.07) is 3.75. The number of halogens is 4. The number of aliphatic imine (C=N–C) groups is 2. The number of allylic oxidation sites excluding steroid dienone is 1. The minimum atomic E-state index is -2.90. The van der Waals surface area contributed by atoms with Gasteiger partial charge in [0, 0.05) is 18.0 Å². The molecule has 0 atom stereocenters. The summed E-state index contributed by atoms with van der Waals surface area (Å²) in [6.45, 7) is 3.32. The van der Waals surface area contributed by atoms with Crippen molar-refractivity contribution in [1.82, 2.24) is 15.5 Å². The van der Waals surface area contributed by atoms with Gasteiger partial charge < -0.3 is 4.42 Å². The Bertz CT molecular complexity index is 885.